The number of carbonyl (C=O) groups excluding carboxylic acids is 1. The second-order valence-corrected chi connectivity index (χ2v) is 5.61. The van der Waals surface area contributed by atoms with Gasteiger partial charge in [0.25, 0.3) is 0 Å². The number of hydrogen-bond donors (Lipinski definition) is 1. The Kier molecular flexibility index (Phi) is 3.53. The summed E-state index contributed by atoms with van der Waals surface area (Å²) < 4.78 is 0. The average Bonchev–Trinajstić information content (AvgIpc) is 2.45. The molecule has 2 N–H and O–H groups in total. The molecule has 0 saturated carbocycles. The van der Waals surface area contributed by atoms with Crippen LogP contribution >= 0.6 is 0 Å². The molecule has 4 heteroatoms. The zero-order valence-corrected chi connectivity index (χ0v) is 11.2. The van der Waals surface area contributed by atoms with E-state index in [-0.39, 0.29) is 11.9 Å². The van der Waals surface area contributed by atoms with Gasteiger partial charge in [0.1, 0.15) is 6.04 Å². The lowest BCUT2D eigenvalue weighted by Crippen LogP contribution is -2.66. The third-order valence-electron chi connectivity index (χ3n) is 4.16. The number of amides is 1. The summed E-state index contributed by atoms with van der Waals surface area (Å²) in [4.78, 5) is 16.1. The molecule has 102 valence electrons. The Balaban J connectivity index is 1.58. The smallest absolute Gasteiger partial charge is 0.241 e. The van der Waals surface area contributed by atoms with Gasteiger partial charge in [-0.05, 0) is 24.9 Å². The number of hydrogen-bond acceptors (Lipinski definition) is 3. The maximum absolute atomic E-state index is 11.7. The number of β-lactam (4-membered cyclic amide) rings is 1. The number of carbonyl (C=O) groups is 1. The van der Waals surface area contributed by atoms with E-state index < -0.39 is 0 Å². The summed E-state index contributed by atoms with van der Waals surface area (Å²) in [6.45, 7) is 3.82. The van der Waals surface area contributed by atoms with Crippen LogP contribution in [0.4, 0.5) is 0 Å². The van der Waals surface area contributed by atoms with Gasteiger partial charge in [-0.15, -0.1) is 0 Å². The van der Waals surface area contributed by atoms with Gasteiger partial charge in [-0.25, -0.2) is 0 Å². The van der Waals surface area contributed by atoms with Crippen LogP contribution < -0.4 is 5.73 Å². The van der Waals surface area contributed by atoms with Gasteiger partial charge in [0.05, 0.1) is 0 Å². The number of rotatable bonds is 3. The van der Waals surface area contributed by atoms with E-state index in [1.165, 1.54) is 5.56 Å². The molecule has 0 aliphatic carbocycles. The molecule has 3 rings (SSSR count). The molecule has 0 radical (unpaired) electrons. The first-order valence-electron chi connectivity index (χ1n) is 7.06. The normalized spacial score (nSPS) is 28.3. The van der Waals surface area contributed by atoms with E-state index in [1.807, 2.05) is 11.0 Å². The highest BCUT2D eigenvalue weighted by molar-refractivity contribution is 5.88. The topological polar surface area (TPSA) is 49.6 Å². The van der Waals surface area contributed by atoms with Crippen LogP contribution in [-0.4, -0.2) is 47.4 Å². The first-order chi connectivity index (χ1) is 9.24. The van der Waals surface area contributed by atoms with Gasteiger partial charge in [-0.1, -0.05) is 30.3 Å². The molecular weight excluding hydrogens is 238 g/mol. The molecule has 2 atom stereocenters. The molecule has 2 heterocycles. The molecule has 2 aliphatic rings. The van der Waals surface area contributed by atoms with Crippen molar-refractivity contribution in [1.29, 1.82) is 0 Å². The van der Waals surface area contributed by atoms with E-state index in [2.05, 4.69) is 29.2 Å². The fourth-order valence-electron chi connectivity index (χ4n) is 3.08. The SMILES string of the molecule is NC1CN(C2CCCN(Cc3ccccc3)C2)C1=O. The van der Waals surface area contributed by atoms with E-state index in [4.69, 9.17) is 5.73 Å². The fraction of sp³-hybridized carbons (Fsp3) is 0.533. The van der Waals surface area contributed by atoms with Crippen LogP contribution in [-0.2, 0) is 11.3 Å². The van der Waals surface area contributed by atoms with Crippen molar-refractivity contribution >= 4 is 5.91 Å². The lowest BCUT2D eigenvalue weighted by Gasteiger charge is -2.46. The standard InChI is InChI=1S/C15H21N3O/c16-14-11-18(15(14)19)13-7-4-8-17(10-13)9-12-5-2-1-3-6-12/h1-3,5-6,13-14H,4,7-11,16H2. The first kappa shape index (κ1) is 12.6. The second-order valence-electron chi connectivity index (χ2n) is 5.61. The number of nitrogens with two attached hydrogens (primary N) is 1. The van der Waals surface area contributed by atoms with Crippen molar-refractivity contribution in [1.82, 2.24) is 9.80 Å². The maximum Gasteiger partial charge on any atom is 0.241 e. The third-order valence-corrected chi connectivity index (χ3v) is 4.16. The van der Waals surface area contributed by atoms with Crippen LogP contribution in [0.1, 0.15) is 18.4 Å². The van der Waals surface area contributed by atoms with E-state index >= 15 is 0 Å². The van der Waals surface area contributed by atoms with Crippen molar-refractivity contribution in [2.24, 2.45) is 5.73 Å². The van der Waals surface area contributed by atoms with Gasteiger partial charge < -0.3 is 10.6 Å². The van der Waals surface area contributed by atoms with Gasteiger partial charge in [0, 0.05) is 25.7 Å². The molecule has 4 nitrogen and oxygen atoms in total. The zero-order valence-electron chi connectivity index (χ0n) is 11.2. The molecule has 19 heavy (non-hydrogen) atoms. The average molecular weight is 259 g/mol. The quantitative estimate of drug-likeness (QED) is 0.818. The van der Waals surface area contributed by atoms with Crippen molar-refractivity contribution in [3.05, 3.63) is 35.9 Å². The molecule has 1 aromatic rings. The predicted octanol–water partition coefficient (Wildman–Crippen LogP) is 0.820. The summed E-state index contributed by atoms with van der Waals surface area (Å²) in [5.74, 6) is 0.131. The monoisotopic (exact) mass is 259 g/mol. The van der Waals surface area contributed by atoms with Crippen molar-refractivity contribution in [2.75, 3.05) is 19.6 Å². The molecule has 2 unspecified atom stereocenters. The van der Waals surface area contributed by atoms with E-state index in [1.54, 1.807) is 0 Å². The van der Waals surface area contributed by atoms with Crippen molar-refractivity contribution in [3.8, 4) is 0 Å². The molecule has 0 aromatic heterocycles. The molecule has 2 saturated heterocycles. The van der Waals surface area contributed by atoms with Gasteiger partial charge >= 0.3 is 0 Å². The Morgan fingerprint density at radius 3 is 2.68 bits per heavy atom. The van der Waals surface area contributed by atoms with Crippen LogP contribution in [0.5, 0.6) is 0 Å². The Morgan fingerprint density at radius 1 is 1.21 bits per heavy atom. The summed E-state index contributed by atoms with van der Waals surface area (Å²) in [7, 11) is 0. The fourth-order valence-corrected chi connectivity index (χ4v) is 3.08. The molecule has 2 aliphatic heterocycles. The highest BCUT2D eigenvalue weighted by Gasteiger charge is 2.39. The van der Waals surface area contributed by atoms with Gasteiger partial charge in [0.2, 0.25) is 5.91 Å². The lowest BCUT2D eigenvalue weighted by atomic mass is 9.97. The van der Waals surface area contributed by atoms with Gasteiger partial charge in [-0.3, -0.25) is 9.69 Å². The summed E-state index contributed by atoms with van der Waals surface area (Å²) in [5, 5.41) is 0. The minimum Gasteiger partial charge on any atom is -0.335 e. The summed E-state index contributed by atoms with van der Waals surface area (Å²) in [6, 6.07) is 10.6. The largest absolute Gasteiger partial charge is 0.335 e. The Hall–Kier alpha value is -1.39. The molecule has 2 fully saturated rings. The first-order valence-corrected chi connectivity index (χ1v) is 7.06. The molecular formula is C15H21N3O. The zero-order chi connectivity index (χ0) is 13.2. The maximum atomic E-state index is 11.7. The third kappa shape index (κ3) is 2.65. The highest BCUT2D eigenvalue weighted by Crippen LogP contribution is 2.22. The molecule has 1 aromatic carbocycles. The van der Waals surface area contributed by atoms with Crippen LogP contribution in [0.2, 0.25) is 0 Å². The minimum atomic E-state index is -0.246. The molecule has 1 amide bonds. The van der Waals surface area contributed by atoms with E-state index in [9.17, 15) is 4.79 Å². The Labute approximate surface area is 114 Å². The van der Waals surface area contributed by atoms with Crippen LogP contribution in [0.15, 0.2) is 30.3 Å². The molecule has 0 bridgehead atoms. The summed E-state index contributed by atoms with van der Waals surface area (Å²) in [5.41, 5.74) is 7.01. The highest BCUT2D eigenvalue weighted by atomic mass is 16.2. The predicted molar refractivity (Wildman–Crippen MR) is 74.4 cm³/mol. The molecule has 0 spiro atoms. The lowest BCUT2D eigenvalue weighted by molar-refractivity contribution is -0.147. The Bertz CT molecular complexity index is 448. The summed E-state index contributed by atoms with van der Waals surface area (Å²) >= 11 is 0. The number of benzene rings is 1. The van der Waals surface area contributed by atoms with E-state index in [0.29, 0.717) is 6.04 Å². The van der Waals surface area contributed by atoms with Crippen LogP contribution in [0.3, 0.4) is 0 Å². The van der Waals surface area contributed by atoms with Crippen LogP contribution in [0, 0.1) is 0 Å². The van der Waals surface area contributed by atoms with Crippen molar-refractivity contribution in [3.63, 3.8) is 0 Å². The van der Waals surface area contributed by atoms with Gasteiger partial charge in [-0.2, -0.15) is 0 Å². The van der Waals surface area contributed by atoms with Gasteiger partial charge in [0.15, 0.2) is 0 Å². The second kappa shape index (κ2) is 5.31. The number of nitrogens with zero attached hydrogens (tertiary/aromatic N) is 2. The number of piperidine rings is 1. The van der Waals surface area contributed by atoms with E-state index in [0.717, 1.165) is 39.0 Å². The minimum absolute atomic E-state index is 0.131. The van der Waals surface area contributed by atoms with Crippen molar-refractivity contribution in [2.45, 2.75) is 31.5 Å². The Morgan fingerprint density at radius 2 is 2.00 bits per heavy atom. The number of likely N-dealkylation sites (tertiary alicyclic amines) is 2. The summed E-state index contributed by atoms with van der Waals surface area (Å²) in [6.07, 6.45) is 2.28. The van der Waals surface area contributed by atoms with Crippen molar-refractivity contribution < 1.29 is 4.79 Å². The van der Waals surface area contributed by atoms with Crippen LogP contribution in [0.25, 0.3) is 0 Å².